The Balaban J connectivity index is 1.55. The predicted molar refractivity (Wildman–Crippen MR) is 115 cm³/mol. The number of H-pyrrole nitrogens is 1. The zero-order valence-corrected chi connectivity index (χ0v) is 17.7. The van der Waals surface area contributed by atoms with E-state index in [1.165, 1.54) is 24.8 Å². The molecule has 1 aliphatic rings. The van der Waals surface area contributed by atoms with E-state index in [0.717, 1.165) is 47.5 Å². The Labute approximate surface area is 172 Å². The lowest BCUT2D eigenvalue weighted by atomic mass is 9.93. The molecule has 154 valence electrons. The number of carbonyl (C=O) groups is 1. The highest BCUT2D eigenvalue weighted by atomic mass is 16.2. The summed E-state index contributed by atoms with van der Waals surface area (Å²) in [6.07, 6.45) is 7.13. The maximum atomic E-state index is 13.3. The fourth-order valence-corrected chi connectivity index (χ4v) is 4.62. The molecule has 0 spiro atoms. The van der Waals surface area contributed by atoms with Crippen LogP contribution in [0.1, 0.15) is 61.3 Å². The number of aromatic nitrogens is 4. The molecule has 0 bridgehead atoms. The number of carbonyl (C=O) groups excluding carboxylic acids is 1. The summed E-state index contributed by atoms with van der Waals surface area (Å²) in [4.78, 5) is 20.3. The molecule has 29 heavy (non-hydrogen) atoms. The number of rotatable bonds is 6. The molecular weight excluding hydrogens is 362 g/mol. The molecule has 1 fully saturated rings. The first-order chi connectivity index (χ1) is 14.0. The molecule has 1 aliphatic carbocycles. The van der Waals surface area contributed by atoms with Crippen LogP contribution >= 0.6 is 0 Å². The van der Waals surface area contributed by atoms with Crippen LogP contribution in [-0.2, 0) is 24.8 Å². The van der Waals surface area contributed by atoms with Gasteiger partial charge in [-0.3, -0.25) is 9.89 Å². The lowest BCUT2D eigenvalue weighted by Crippen LogP contribution is -2.41. The van der Waals surface area contributed by atoms with Gasteiger partial charge in [0.2, 0.25) is 5.91 Å². The molecule has 1 amide bonds. The Hall–Kier alpha value is -2.63. The van der Waals surface area contributed by atoms with Crippen molar-refractivity contribution in [2.24, 2.45) is 7.05 Å². The van der Waals surface area contributed by atoms with Crippen molar-refractivity contribution in [3.8, 4) is 0 Å². The minimum absolute atomic E-state index is 0.226. The fourth-order valence-electron chi connectivity index (χ4n) is 4.62. The lowest BCUT2D eigenvalue weighted by molar-refractivity contribution is -0.135. The second-order valence-electron chi connectivity index (χ2n) is 8.30. The van der Waals surface area contributed by atoms with E-state index in [-0.39, 0.29) is 5.91 Å². The van der Waals surface area contributed by atoms with Crippen LogP contribution in [0.4, 0.5) is 0 Å². The summed E-state index contributed by atoms with van der Waals surface area (Å²) in [5, 5.41) is 7.30. The number of nitrogens with one attached hydrogen (secondary N) is 1. The van der Waals surface area contributed by atoms with Crippen LogP contribution in [0.25, 0.3) is 11.0 Å². The van der Waals surface area contributed by atoms with Crippen LogP contribution in [0, 0.1) is 13.8 Å². The number of hydrogen-bond acceptors (Lipinski definition) is 3. The van der Waals surface area contributed by atoms with Gasteiger partial charge in [-0.25, -0.2) is 4.98 Å². The van der Waals surface area contributed by atoms with Gasteiger partial charge in [-0.2, -0.15) is 5.10 Å². The first-order valence-corrected chi connectivity index (χ1v) is 10.7. The summed E-state index contributed by atoms with van der Waals surface area (Å²) in [5.74, 6) is 1.18. The van der Waals surface area contributed by atoms with E-state index in [2.05, 4.69) is 25.7 Å². The van der Waals surface area contributed by atoms with Crippen LogP contribution in [0.2, 0.25) is 0 Å². The molecule has 6 heteroatoms. The first-order valence-electron chi connectivity index (χ1n) is 10.7. The molecule has 2 aromatic heterocycles. The highest BCUT2D eigenvalue weighted by Crippen LogP contribution is 2.26. The summed E-state index contributed by atoms with van der Waals surface area (Å²) in [5.41, 5.74) is 5.34. The van der Waals surface area contributed by atoms with Gasteiger partial charge in [0.1, 0.15) is 5.82 Å². The average Bonchev–Trinajstić information content (AvgIpc) is 3.23. The number of aromatic amines is 1. The smallest absolute Gasteiger partial charge is 0.223 e. The Kier molecular flexibility index (Phi) is 5.69. The van der Waals surface area contributed by atoms with Crippen molar-refractivity contribution in [3.05, 3.63) is 47.0 Å². The average molecular weight is 394 g/mol. The van der Waals surface area contributed by atoms with Crippen LogP contribution in [-0.4, -0.2) is 36.6 Å². The fraction of sp³-hybridized carbons (Fsp3) is 0.522. The van der Waals surface area contributed by atoms with Gasteiger partial charge in [-0.05, 0) is 50.8 Å². The summed E-state index contributed by atoms with van der Waals surface area (Å²) in [6, 6.07) is 8.49. The van der Waals surface area contributed by atoms with Gasteiger partial charge < -0.3 is 9.47 Å². The van der Waals surface area contributed by atoms with Crippen molar-refractivity contribution >= 4 is 16.9 Å². The minimum Gasteiger partial charge on any atom is -0.332 e. The first kappa shape index (κ1) is 19.7. The van der Waals surface area contributed by atoms with Crippen LogP contribution in [0.15, 0.2) is 24.3 Å². The van der Waals surface area contributed by atoms with Gasteiger partial charge in [0.25, 0.3) is 0 Å². The van der Waals surface area contributed by atoms with Crippen LogP contribution in [0.3, 0.4) is 0 Å². The lowest BCUT2D eigenvalue weighted by Gasteiger charge is -2.34. The van der Waals surface area contributed by atoms with Crippen LogP contribution < -0.4 is 0 Å². The Morgan fingerprint density at radius 2 is 1.97 bits per heavy atom. The Morgan fingerprint density at radius 3 is 2.66 bits per heavy atom. The standard InChI is InChI=1S/C23H31N5O/c1-16-19(17(2)26-25-16)13-14-23(29)28(18-9-5-4-6-10-18)15-22-24-20-11-7-8-12-21(20)27(22)3/h7-8,11-12,18H,4-6,9-10,13-15H2,1-3H3,(H,25,26). The van der Waals surface area contributed by atoms with E-state index in [9.17, 15) is 4.79 Å². The van der Waals surface area contributed by atoms with E-state index in [1.54, 1.807) is 0 Å². The highest BCUT2D eigenvalue weighted by Gasteiger charge is 2.27. The molecule has 6 nitrogen and oxygen atoms in total. The number of amides is 1. The second kappa shape index (κ2) is 8.39. The third kappa shape index (κ3) is 4.07. The molecule has 0 saturated heterocycles. The van der Waals surface area contributed by atoms with E-state index < -0.39 is 0 Å². The molecule has 0 unspecified atom stereocenters. The number of benzene rings is 1. The monoisotopic (exact) mass is 393 g/mol. The molecule has 0 aliphatic heterocycles. The molecule has 0 atom stereocenters. The van der Waals surface area contributed by atoms with Crippen molar-refractivity contribution in [3.63, 3.8) is 0 Å². The van der Waals surface area contributed by atoms with Crippen molar-refractivity contribution in [1.82, 2.24) is 24.6 Å². The number of para-hydroxylation sites is 2. The third-order valence-electron chi connectivity index (χ3n) is 6.40. The number of imidazole rings is 1. The SMILES string of the molecule is Cc1n[nH]c(C)c1CCC(=O)N(Cc1nc2ccccc2n1C)C1CCCCC1. The van der Waals surface area contributed by atoms with Crippen molar-refractivity contribution in [2.75, 3.05) is 0 Å². The van der Waals surface area contributed by atoms with Crippen LogP contribution in [0.5, 0.6) is 0 Å². The predicted octanol–water partition coefficient (Wildman–Crippen LogP) is 4.21. The normalized spacial score (nSPS) is 15.1. The maximum Gasteiger partial charge on any atom is 0.223 e. The Morgan fingerprint density at radius 1 is 1.21 bits per heavy atom. The molecular formula is C23H31N5O. The number of nitrogens with zero attached hydrogens (tertiary/aromatic N) is 4. The summed E-state index contributed by atoms with van der Waals surface area (Å²) in [7, 11) is 2.05. The molecule has 1 aromatic carbocycles. The molecule has 1 N–H and O–H groups in total. The highest BCUT2D eigenvalue weighted by molar-refractivity contribution is 5.78. The van der Waals surface area contributed by atoms with Gasteiger partial charge in [0.05, 0.1) is 23.3 Å². The molecule has 3 aromatic rings. The molecule has 4 rings (SSSR count). The van der Waals surface area contributed by atoms with Crippen molar-refractivity contribution in [2.45, 2.75) is 71.4 Å². The zero-order valence-electron chi connectivity index (χ0n) is 17.7. The largest absolute Gasteiger partial charge is 0.332 e. The van der Waals surface area contributed by atoms with Gasteiger partial charge in [-0.1, -0.05) is 31.4 Å². The molecule has 1 saturated carbocycles. The van der Waals surface area contributed by atoms with E-state index in [1.807, 2.05) is 39.1 Å². The third-order valence-corrected chi connectivity index (χ3v) is 6.40. The number of fused-ring (bicyclic) bond motifs is 1. The van der Waals surface area contributed by atoms with Gasteiger partial charge >= 0.3 is 0 Å². The van der Waals surface area contributed by atoms with Gasteiger partial charge in [0, 0.05) is 25.2 Å². The zero-order chi connectivity index (χ0) is 20.4. The van der Waals surface area contributed by atoms with Crippen molar-refractivity contribution < 1.29 is 4.79 Å². The van der Waals surface area contributed by atoms with E-state index >= 15 is 0 Å². The quantitative estimate of drug-likeness (QED) is 0.682. The summed E-state index contributed by atoms with van der Waals surface area (Å²) in [6.45, 7) is 4.61. The van der Waals surface area contributed by atoms with Gasteiger partial charge in [0.15, 0.2) is 0 Å². The second-order valence-corrected chi connectivity index (χ2v) is 8.30. The molecule has 0 radical (unpaired) electrons. The van der Waals surface area contributed by atoms with E-state index in [0.29, 0.717) is 19.0 Å². The Bertz CT molecular complexity index is 977. The molecule has 2 heterocycles. The number of hydrogen-bond donors (Lipinski definition) is 1. The number of aryl methyl sites for hydroxylation is 3. The topological polar surface area (TPSA) is 66.8 Å². The van der Waals surface area contributed by atoms with E-state index in [4.69, 9.17) is 4.98 Å². The van der Waals surface area contributed by atoms with Crippen molar-refractivity contribution in [1.29, 1.82) is 0 Å². The summed E-state index contributed by atoms with van der Waals surface area (Å²) < 4.78 is 2.13. The van der Waals surface area contributed by atoms with Gasteiger partial charge in [-0.15, -0.1) is 0 Å². The maximum absolute atomic E-state index is 13.3. The summed E-state index contributed by atoms with van der Waals surface area (Å²) >= 11 is 0. The minimum atomic E-state index is 0.226.